The maximum Gasteiger partial charge on any atom is 0.122 e. The summed E-state index contributed by atoms with van der Waals surface area (Å²) in [6.45, 7) is 9.73. The molecule has 0 spiro atoms. The highest BCUT2D eigenvalue weighted by Crippen LogP contribution is 2.28. The molecule has 1 unspecified atom stereocenters. The van der Waals surface area contributed by atoms with Gasteiger partial charge in [-0.3, -0.25) is 0 Å². The number of benzene rings is 1. The molecular weight excluding hydrogens is 238 g/mol. The lowest BCUT2D eigenvalue weighted by molar-refractivity contribution is 0.125. The van der Waals surface area contributed by atoms with Crippen LogP contribution in [0.15, 0.2) is 12.1 Å². The summed E-state index contributed by atoms with van der Waals surface area (Å²) in [5, 5.41) is 10.4. The highest BCUT2D eigenvalue weighted by molar-refractivity contribution is 5.42. The van der Waals surface area contributed by atoms with Gasteiger partial charge in [-0.15, -0.1) is 0 Å². The highest BCUT2D eigenvalue weighted by Gasteiger charge is 2.19. The minimum Gasteiger partial charge on any atom is -0.494 e. The molecule has 3 heteroatoms. The Balaban J connectivity index is 2.12. The quantitative estimate of drug-likeness (QED) is 0.886. The average molecular weight is 263 g/mol. The van der Waals surface area contributed by atoms with Gasteiger partial charge >= 0.3 is 0 Å². The van der Waals surface area contributed by atoms with Crippen molar-refractivity contribution in [3.05, 3.63) is 28.8 Å². The van der Waals surface area contributed by atoms with Crippen LogP contribution in [0.2, 0.25) is 0 Å². The van der Waals surface area contributed by atoms with Crippen molar-refractivity contribution in [2.75, 3.05) is 26.2 Å². The fourth-order valence-corrected chi connectivity index (χ4v) is 2.79. The molecule has 0 aromatic heterocycles. The molecule has 2 rings (SSSR count). The van der Waals surface area contributed by atoms with Crippen molar-refractivity contribution in [2.24, 2.45) is 0 Å². The summed E-state index contributed by atoms with van der Waals surface area (Å²) in [5.41, 5.74) is 3.25. The van der Waals surface area contributed by atoms with E-state index in [9.17, 15) is 5.11 Å². The first kappa shape index (κ1) is 14.4. The van der Waals surface area contributed by atoms with Crippen LogP contribution in [0.1, 0.15) is 42.6 Å². The summed E-state index contributed by atoms with van der Waals surface area (Å²) in [7, 11) is 0. The average Bonchev–Trinajstić information content (AvgIpc) is 2.86. The van der Waals surface area contributed by atoms with Gasteiger partial charge < -0.3 is 14.7 Å². The van der Waals surface area contributed by atoms with Crippen LogP contribution in [0, 0.1) is 13.8 Å². The Hall–Kier alpha value is -1.06. The Labute approximate surface area is 116 Å². The fraction of sp³-hybridized carbons (Fsp3) is 0.625. The Morgan fingerprint density at radius 2 is 1.89 bits per heavy atom. The van der Waals surface area contributed by atoms with Crippen molar-refractivity contribution in [3.8, 4) is 5.75 Å². The molecule has 0 radical (unpaired) electrons. The molecule has 1 atom stereocenters. The zero-order chi connectivity index (χ0) is 13.8. The van der Waals surface area contributed by atoms with Crippen LogP contribution >= 0.6 is 0 Å². The molecule has 0 saturated carbocycles. The minimum atomic E-state index is -0.396. The van der Waals surface area contributed by atoms with Crippen molar-refractivity contribution < 1.29 is 9.84 Å². The molecule has 1 saturated heterocycles. The number of hydrogen-bond donors (Lipinski definition) is 1. The van der Waals surface area contributed by atoms with Crippen LogP contribution < -0.4 is 4.74 Å². The molecule has 1 N–H and O–H groups in total. The largest absolute Gasteiger partial charge is 0.494 e. The van der Waals surface area contributed by atoms with Gasteiger partial charge in [0.05, 0.1) is 12.7 Å². The number of aliphatic hydroxyl groups is 1. The molecular formula is C16H25NO2. The zero-order valence-electron chi connectivity index (χ0n) is 12.3. The van der Waals surface area contributed by atoms with Crippen LogP contribution in [0.5, 0.6) is 5.75 Å². The molecule has 1 aliphatic rings. The van der Waals surface area contributed by atoms with E-state index in [1.54, 1.807) is 0 Å². The van der Waals surface area contributed by atoms with E-state index in [1.165, 1.54) is 12.8 Å². The van der Waals surface area contributed by atoms with Crippen LogP contribution in [0.4, 0.5) is 0 Å². The Bertz CT molecular complexity index is 425. The van der Waals surface area contributed by atoms with E-state index >= 15 is 0 Å². The van der Waals surface area contributed by atoms with Crippen LogP contribution in [0.3, 0.4) is 0 Å². The summed E-state index contributed by atoms with van der Waals surface area (Å²) in [5.74, 6) is 0.928. The van der Waals surface area contributed by atoms with E-state index in [4.69, 9.17) is 4.74 Å². The van der Waals surface area contributed by atoms with E-state index < -0.39 is 6.10 Å². The van der Waals surface area contributed by atoms with E-state index in [-0.39, 0.29) is 0 Å². The van der Waals surface area contributed by atoms with Gasteiger partial charge in [0.1, 0.15) is 5.75 Å². The minimum absolute atomic E-state index is 0.396. The van der Waals surface area contributed by atoms with Gasteiger partial charge in [0.2, 0.25) is 0 Å². The van der Waals surface area contributed by atoms with Crippen LogP contribution in [-0.4, -0.2) is 36.2 Å². The molecule has 19 heavy (non-hydrogen) atoms. The van der Waals surface area contributed by atoms with E-state index in [0.717, 1.165) is 42.1 Å². The monoisotopic (exact) mass is 263 g/mol. The van der Waals surface area contributed by atoms with Gasteiger partial charge in [-0.25, -0.2) is 0 Å². The number of β-amino-alcohol motifs (C(OH)–C–C–N with tert-alkyl or cyclic N) is 1. The molecule has 0 aliphatic carbocycles. The first-order valence-electron chi connectivity index (χ1n) is 7.26. The molecule has 0 bridgehead atoms. The molecule has 1 aliphatic heterocycles. The Morgan fingerprint density at radius 1 is 1.21 bits per heavy atom. The molecule has 1 heterocycles. The summed E-state index contributed by atoms with van der Waals surface area (Å²) in [6, 6.07) is 4.11. The third-order valence-corrected chi connectivity index (χ3v) is 3.85. The van der Waals surface area contributed by atoms with Gasteiger partial charge in [-0.05, 0) is 75.5 Å². The number of nitrogens with zero attached hydrogens (tertiary/aromatic N) is 1. The van der Waals surface area contributed by atoms with Gasteiger partial charge in [-0.2, -0.15) is 0 Å². The van der Waals surface area contributed by atoms with E-state index in [2.05, 4.69) is 11.0 Å². The smallest absolute Gasteiger partial charge is 0.122 e. The molecule has 1 fully saturated rings. The molecule has 3 nitrogen and oxygen atoms in total. The maximum absolute atomic E-state index is 10.4. The number of likely N-dealkylation sites (tertiary alicyclic amines) is 1. The summed E-state index contributed by atoms with van der Waals surface area (Å²) >= 11 is 0. The number of hydrogen-bond acceptors (Lipinski definition) is 3. The first-order chi connectivity index (χ1) is 9.11. The predicted octanol–water partition coefficient (Wildman–Crippen LogP) is 2.83. The topological polar surface area (TPSA) is 32.7 Å². The second kappa shape index (κ2) is 6.40. The Kier molecular flexibility index (Phi) is 4.83. The van der Waals surface area contributed by atoms with Crippen molar-refractivity contribution >= 4 is 0 Å². The highest BCUT2D eigenvalue weighted by atomic mass is 16.5. The zero-order valence-corrected chi connectivity index (χ0v) is 12.3. The summed E-state index contributed by atoms with van der Waals surface area (Å²) < 4.78 is 5.59. The lowest BCUT2D eigenvalue weighted by Crippen LogP contribution is -2.25. The summed E-state index contributed by atoms with van der Waals surface area (Å²) in [6.07, 6.45) is 2.12. The van der Waals surface area contributed by atoms with Crippen LogP contribution in [-0.2, 0) is 0 Å². The third-order valence-electron chi connectivity index (χ3n) is 3.85. The normalized spacial score (nSPS) is 17.7. The van der Waals surface area contributed by atoms with Crippen LogP contribution in [0.25, 0.3) is 0 Å². The number of ether oxygens (including phenoxy) is 1. The summed E-state index contributed by atoms with van der Waals surface area (Å²) in [4.78, 5) is 2.34. The Morgan fingerprint density at radius 3 is 2.53 bits per heavy atom. The van der Waals surface area contributed by atoms with Crippen molar-refractivity contribution in [1.82, 2.24) is 4.90 Å². The lowest BCUT2D eigenvalue weighted by atomic mass is 9.99. The number of aliphatic hydroxyl groups excluding tert-OH is 1. The third kappa shape index (κ3) is 3.48. The van der Waals surface area contributed by atoms with Crippen molar-refractivity contribution in [3.63, 3.8) is 0 Å². The molecule has 0 amide bonds. The van der Waals surface area contributed by atoms with Crippen molar-refractivity contribution in [1.29, 1.82) is 0 Å². The van der Waals surface area contributed by atoms with E-state index in [0.29, 0.717) is 6.61 Å². The molecule has 106 valence electrons. The SMILES string of the molecule is CCOc1cc(C)c(C(O)CN2CCCC2)cc1C. The first-order valence-corrected chi connectivity index (χ1v) is 7.26. The van der Waals surface area contributed by atoms with Gasteiger partial charge in [-0.1, -0.05) is 0 Å². The van der Waals surface area contributed by atoms with Gasteiger partial charge in [0, 0.05) is 6.54 Å². The second-order valence-corrected chi connectivity index (χ2v) is 5.43. The number of rotatable bonds is 5. The lowest BCUT2D eigenvalue weighted by Gasteiger charge is -2.22. The molecule has 1 aromatic rings. The number of aryl methyl sites for hydroxylation is 2. The van der Waals surface area contributed by atoms with Gasteiger partial charge in [0.25, 0.3) is 0 Å². The standard InChI is InChI=1S/C16H25NO2/c1-4-19-16-10-12(2)14(9-13(16)3)15(18)11-17-7-5-6-8-17/h9-10,15,18H,4-8,11H2,1-3H3. The maximum atomic E-state index is 10.4. The predicted molar refractivity (Wildman–Crippen MR) is 77.7 cm³/mol. The second-order valence-electron chi connectivity index (χ2n) is 5.43. The van der Waals surface area contributed by atoms with E-state index in [1.807, 2.05) is 26.8 Å². The fourth-order valence-electron chi connectivity index (χ4n) is 2.79. The molecule has 1 aromatic carbocycles. The van der Waals surface area contributed by atoms with Gasteiger partial charge in [0.15, 0.2) is 0 Å². The van der Waals surface area contributed by atoms with Crippen molar-refractivity contribution in [2.45, 2.75) is 39.7 Å².